The number of carbonyl (C=O) groups is 2. The van der Waals surface area contributed by atoms with Crippen LogP contribution in [0.1, 0.15) is 20.8 Å². The minimum Gasteiger partial charge on any atom is -0.495 e. The Labute approximate surface area is 136 Å². The Bertz CT molecular complexity index is 766. The van der Waals surface area contributed by atoms with Crippen molar-refractivity contribution in [3.8, 4) is 5.75 Å². The quantitative estimate of drug-likeness (QED) is 0.817. The van der Waals surface area contributed by atoms with Crippen molar-refractivity contribution in [3.63, 3.8) is 0 Å². The molecule has 3 N–H and O–H groups in total. The molecular formula is C14H13ClN4O4. The Hall–Kier alpha value is -2.87. The molecule has 0 radical (unpaired) electrons. The summed E-state index contributed by atoms with van der Waals surface area (Å²) in [6.07, 6.45) is 1.16. The van der Waals surface area contributed by atoms with Crippen molar-refractivity contribution in [1.29, 1.82) is 0 Å². The molecule has 0 saturated heterocycles. The number of nitrogens with two attached hydrogens (primary N) is 1. The number of benzene rings is 1. The summed E-state index contributed by atoms with van der Waals surface area (Å²) in [4.78, 5) is 31.6. The van der Waals surface area contributed by atoms with E-state index in [1.54, 1.807) is 0 Å². The number of anilines is 2. The predicted octanol–water partition coefficient (Wildman–Crippen LogP) is 1.76. The molecule has 0 aliphatic heterocycles. The number of methoxy groups -OCH3 is 2. The summed E-state index contributed by atoms with van der Waals surface area (Å²) in [5.74, 6) is -0.801. The van der Waals surface area contributed by atoms with Crippen LogP contribution in [0.3, 0.4) is 0 Å². The molecule has 23 heavy (non-hydrogen) atoms. The van der Waals surface area contributed by atoms with E-state index >= 15 is 0 Å². The van der Waals surface area contributed by atoms with Gasteiger partial charge in [-0.15, -0.1) is 0 Å². The highest BCUT2D eigenvalue weighted by molar-refractivity contribution is 6.32. The maximum Gasteiger partial charge on any atom is 0.340 e. The van der Waals surface area contributed by atoms with Crippen molar-refractivity contribution in [2.75, 3.05) is 25.3 Å². The second kappa shape index (κ2) is 6.93. The summed E-state index contributed by atoms with van der Waals surface area (Å²) in [6.45, 7) is 0. The number of amides is 1. The molecule has 1 heterocycles. The van der Waals surface area contributed by atoms with E-state index in [1.807, 2.05) is 0 Å². The smallest absolute Gasteiger partial charge is 0.340 e. The molecule has 1 aromatic heterocycles. The normalized spacial score (nSPS) is 10.0. The molecule has 8 nitrogen and oxygen atoms in total. The van der Waals surface area contributed by atoms with Gasteiger partial charge in [0.15, 0.2) is 0 Å². The number of halogens is 1. The van der Waals surface area contributed by atoms with Crippen LogP contribution in [0.4, 0.5) is 11.5 Å². The molecule has 0 unspecified atom stereocenters. The third-order valence-electron chi connectivity index (χ3n) is 2.87. The lowest BCUT2D eigenvalue weighted by Gasteiger charge is -2.12. The second-order valence-corrected chi connectivity index (χ2v) is 4.71. The standard InChI is InChI=1S/C14H13ClN4O4/c1-22-11-4-9(7(3-8(11)15)14(21)23-2)19-13(20)10-5-12(16)18-6-17-10/h3-6H,1-2H3,(H,19,20)(H2,16,17,18). The van der Waals surface area contributed by atoms with Crippen LogP contribution >= 0.6 is 11.6 Å². The summed E-state index contributed by atoms with van der Waals surface area (Å²) in [7, 11) is 2.63. The van der Waals surface area contributed by atoms with E-state index in [-0.39, 0.29) is 33.5 Å². The molecule has 2 rings (SSSR count). The summed E-state index contributed by atoms with van der Waals surface area (Å²) in [6, 6.07) is 4.06. The van der Waals surface area contributed by atoms with Gasteiger partial charge in [-0.2, -0.15) is 0 Å². The van der Waals surface area contributed by atoms with Crippen LogP contribution in [0.5, 0.6) is 5.75 Å². The van der Waals surface area contributed by atoms with Gasteiger partial charge in [0.2, 0.25) is 0 Å². The Kier molecular flexibility index (Phi) is 4.97. The number of esters is 1. The second-order valence-electron chi connectivity index (χ2n) is 4.31. The number of nitrogen functional groups attached to an aromatic ring is 1. The number of carbonyl (C=O) groups excluding carboxylic acids is 2. The Morgan fingerprint density at radius 1 is 1.22 bits per heavy atom. The lowest BCUT2D eigenvalue weighted by molar-refractivity contribution is 0.0602. The molecule has 0 atom stereocenters. The van der Waals surface area contributed by atoms with E-state index < -0.39 is 11.9 Å². The molecule has 1 aromatic carbocycles. The summed E-state index contributed by atoms with van der Waals surface area (Å²) >= 11 is 5.99. The number of ether oxygens (including phenoxy) is 2. The van der Waals surface area contributed by atoms with Crippen molar-refractivity contribution in [2.45, 2.75) is 0 Å². The average molecular weight is 337 g/mol. The topological polar surface area (TPSA) is 116 Å². The molecule has 0 aliphatic carbocycles. The summed E-state index contributed by atoms with van der Waals surface area (Å²) in [5.41, 5.74) is 5.80. The van der Waals surface area contributed by atoms with Gasteiger partial charge in [0.25, 0.3) is 5.91 Å². The van der Waals surface area contributed by atoms with E-state index in [0.29, 0.717) is 0 Å². The maximum atomic E-state index is 12.2. The van der Waals surface area contributed by atoms with Crippen LogP contribution in [0.2, 0.25) is 5.02 Å². The van der Waals surface area contributed by atoms with Gasteiger partial charge in [-0.05, 0) is 6.07 Å². The number of hydrogen-bond donors (Lipinski definition) is 2. The molecule has 0 saturated carbocycles. The molecule has 120 valence electrons. The Balaban J connectivity index is 2.41. The molecule has 1 amide bonds. The van der Waals surface area contributed by atoms with Crippen molar-refractivity contribution in [2.24, 2.45) is 0 Å². The zero-order valence-corrected chi connectivity index (χ0v) is 13.0. The molecule has 2 aromatic rings. The fourth-order valence-electron chi connectivity index (χ4n) is 1.77. The van der Waals surface area contributed by atoms with Crippen LogP contribution < -0.4 is 15.8 Å². The summed E-state index contributed by atoms with van der Waals surface area (Å²) < 4.78 is 9.76. The van der Waals surface area contributed by atoms with Crippen molar-refractivity contribution >= 4 is 35.0 Å². The van der Waals surface area contributed by atoms with Crippen molar-refractivity contribution in [1.82, 2.24) is 9.97 Å². The Morgan fingerprint density at radius 2 is 1.96 bits per heavy atom. The van der Waals surface area contributed by atoms with Gasteiger partial charge < -0.3 is 20.5 Å². The van der Waals surface area contributed by atoms with Gasteiger partial charge in [-0.1, -0.05) is 11.6 Å². The van der Waals surface area contributed by atoms with Crippen LogP contribution in [0.15, 0.2) is 24.5 Å². The minimum atomic E-state index is -0.660. The van der Waals surface area contributed by atoms with E-state index in [1.165, 1.54) is 32.4 Å². The zero-order chi connectivity index (χ0) is 17.0. The van der Waals surface area contributed by atoms with Gasteiger partial charge in [0, 0.05) is 12.1 Å². The minimum absolute atomic E-state index is 0.0437. The van der Waals surface area contributed by atoms with Gasteiger partial charge in [0.05, 0.1) is 30.5 Å². The van der Waals surface area contributed by atoms with Crippen molar-refractivity contribution in [3.05, 3.63) is 40.8 Å². The molecular weight excluding hydrogens is 324 g/mol. The van der Waals surface area contributed by atoms with Gasteiger partial charge in [-0.25, -0.2) is 14.8 Å². The average Bonchev–Trinajstić information content (AvgIpc) is 2.55. The van der Waals surface area contributed by atoms with E-state index in [4.69, 9.17) is 22.1 Å². The first-order valence-electron chi connectivity index (χ1n) is 6.31. The number of hydrogen-bond acceptors (Lipinski definition) is 7. The lowest BCUT2D eigenvalue weighted by Crippen LogP contribution is -2.17. The van der Waals surface area contributed by atoms with Crippen LogP contribution in [0.25, 0.3) is 0 Å². The fourth-order valence-corrected chi connectivity index (χ4v) is 2.02. The van der Waals surface area contributed by atoms with Crippen LogP contribution in [0, 0.1) is 0 Å². The van der Waals surface area contributed by atoms with Crippen molar-refractivity contribution < 1.29 is 19.1 Å². The number of rotatable bonds is 4. The Morgan fingerprint density at radius 3 is 2.57 bits per heavy atom. The maximum absolute atomic E-state index is 12.2. The zero-order valence-electron chi connectivity index (χ0n) is 12.3. The van der Waals surface area contributed by atoms with Gasteiger partial charge >= 0.3 is 5.97 Å². The van der Waals surface area contributed by atoms with Crippen LogP contribution in [-0.4, -0.2) is 36.1 Å². The SMILES string of the molecule is COC(=O)c1cc(Cl)c(OC)cc1NC(=O)c1cc(N)ncn1. The van der Waals surface area contributed by atoms with Crippen LogP contribution in [-0.2, 0) is 4.74 Å². The largest absolute Gasteiger partial charge is 0.495 e. The first kappa shape index (κ1) is 16.5. The van der Waals surface area contributed by atoms with E-state index in [2.05, 4.69) is 20.0 Å². The van der Waals surface area contributed by atoms with Gasteiger partial charge in [0.1, 0.15) is 23.6 Å². The highest BCUT2D eigenvalue weighted by Crippen LogP contribution is 2.31. The monoisotopic (exact) mass is 336 g/mol. The number of aromatic nitrogens is 2. The molecule has 0 fully saturated rings. The molecule has 0 spiro atoms. The predicted molar refractivity (Wildman–Crippen MR) is 83.7 cm³/mol. The molecule has 0 aliphatic rings. The number of nitrogens with one attached hydrogen (secondary N) is 1. The van der Waals surface area contributed by atoms with Gasteiger partial charge in [-0.3, -0.25) is 4.79 Å². The highest BCUT2D eigenvalue weighted by Gasteiger charge is 2.19. The summed E-state index contributed by atoms with van der Waals surface area (Å²) in [5, 5.41) is 2.75. The molecule has 0 bridgehead atoms. The first-order valence-corrected chi connectivity index (χ1v) is 6.68. The fraction of sp³-hybridized carbons (Fsp3) is 0.143. The first-order chi connectivity index (χ1) is 11.0. The third-order valence-corrected chi connectivity index (χ3v) is 3.16. The molecule has 9 heteroatoms. The van der Waals surface area contributed by atoms with E-state index in [0.717, 1.165) is 6.33 Å². The third kappa shape index (κ3) is 3.67. The number of nitrogens with zero attached hydrogens (tertiary/aromatic N) is 2. The lowest BCUT2D eigenvalue weighted by atomic mass is 10.1. The van der Waals surface area contributed by atoms with E-state index in [9.17, 15) is 9.59 Å². The highest BCUT2D eigenvalue weighted by atomic mass is 35.5.